The number of likely N-dealkylation sites (tertiary alicyclic amines) is 1. The fraction of sp³-hybridized carbons (Fsp3) is 0.536. The van der Waals surface area contributed by atoms with Crippen molar-refractivity contribution in [3.05, 3.63) is 64.7 Å². The Labute approximate surface area is 206 Å². The molecule has 2 saturated heterocycles. The maximum absolute atomic E-state index is 13.3. The number of hydrogen-bond acceptors (Lipinski definition) is 4. The van der Waals surface area contributed by atoms with E-state index < -0.39 is 5.60 Å². The fourth-order valence-electron chi connectivity index (χ4n) is 5.57. The van der Waals surface area contributed by atoms with E-state index in [4.69, 9.17) is 9.47 Å². The Morgan fingerprint density at radius 3 is 2.59 bits per heavy atom. The Bertz CT molecular complexity index is 1020. The van der Waals surface area contributed by atoms with Gasteiger partial charge >= 0.3 is 0 Å². The molecule has 2 aliphatic heterocycles. The molecular weight excluding hydrogens is 445 g/mol. The number of piperidine rings is 1. The summed E-state index contributed by atoms with van der Waals surface area (Å²) in [4.78, 5) is 15.2. The zero-order valence-electron chi connectivity index (χ0n) is 20.8. The van der Waals surface area contributed by atoms with Crippen LogP contribution in [-0.4, -0.2) is 47.3 Å². The molecule has 4 rings (SSSR count). The Balaban J connectivity index is 1.47. The average molecular weight is 484 g/mol. The molecule has 1 amide bonds. The number of aryl methyl sites for hydroxylation is 1. The molecule has 2 heterocycles. The minimum absolute atomic E-state index is 0.00471. The van der Waals surface area contributed by atoms with Crippen LogP contribution in [0.5, 0.6) is 0 Å². The summed E-state index contributed by atoms with van der Waals surface area (Å²) >= 11 is 0. The lowest BCUT2D eigenvalue weighted by atomic mass is 9.80. The van der Waals surface area contributed by atoms with Crippen LogP contribution in [0.25, 0.3) is 0 Å². The molecule has 2 aliphatic rings. The van der Waals surface area contributed by atoms with E-state index in [-0.39, 0.29) is 23.7 Å². The van der Waals surface area contributed by atoms with Crippen LogP contribution in [0.15, 0.2) is 42.5 Å². The van der Waals surface area contributed by atoms with Gasteiger partial charge in [-0.05, 0) is 80.7 Å². The van der Waals surface area contributed by atoms with Crippen LogP contribution in [-0.2, 0) is 15.1 Å². The highest BCUT2D eigenvalue weighted by atomic mass is 31.0. The van der Waals surface area contributed by atoms with E-state index in [1.165, 1.54) is 5.56 Å². The summed E-state index contributed by atoms with van der Waals surface area (Å²) in [5.41, 5.74) is 2.45. The van der Waals surface area contributed by atoms with Gasteiger partial charge in [-0.25, -0.2) is 0 Å². The van der Waals surface area contributed by atoms with Crippen molar-refractivity contribution in [1.82, 2.24) is 4.90 Å². The van der Waals surface area contributed by atoms with Crippen molar-refractivity contribution in [2.45, 2.75) is 76.8 Å². The van der Waals surface area contributed by atoms with Crippen molar-refractivity contribution in [2.75, 3.05) is 19.7 Å². The van der Waals surface area contributed by atoms with Gasteiger partial charge < -0.3 is 19.5 Å². The monoisotopic (exact) mass is 483 g/mol. The number of hydrogen-bond donors (Lipinski definition) is 1. The minimum Gasteiger partial charge on any atom is -0.386 e. The largest absolute Gasteiger partial charge is 0.386 e. The Morgan fingerprint density at radius 1 is 1.24 bits per heavy atom. The van der Waals surface area contributed by atoms with Crippen LogP contribution in [0, 0.1) is 6.92 Å². The number of aliphatic hydroxyl groups is 1. The molecule has 0 radical (unpaired) electrons. The number of carbonyl (C=O) groups excluding carboxylic acids is 1. The zero-order chi connectivity index (χ0) is 24.5. The molecule has 2 aromatic carbocycles. The highest BCUT2D eigenvalue weighted by molar-refractivity contribution is 7.27. The molecule has 3 unspecified atom stereocenters. The number of rotatable bonds is 5. The maximum Gasteiger partial charge on any atom is 0.253 e. The van der Waals surface area contributed by atoms with Gasteiger partial charge in [0.05, 0.1) is 23.4 Å². The standard InChI is InChI=1S/C28H38NO4P/c1-5-32-22-17-25(20-7-6-8-23(34)16-20)33-28(18-22)11-13-29(14-12-28)26(30)21-9-10-24(19(2)15-21)27(3,4)31/h6-10,15-16,22,25,31H,5,11-14,17-18,34H2,1-4H3. The van der Waals surface area contributed by atoms with Gasteiger partial charge in [0, 0.05) is 38.1 Å². The Hall–Kier alpha value is -1.78. The van der Waals surface area contributed by atoms with Crippen molar-refractivity contribution in [2.24, 2.45) is 0 Å². The van der Waals surface area contributed by atoms with E-state index in [9.17, 15) is 9.90 Å². The molecule has 2 fully saturated rings. The third-order valence-electron chi connectivity index (χ3n) is 7.25. The molecule has 0 aromatic heterocycles. The normalized spacial score (nSPS) is 22.7. The number of benzene rings is 2. The number of amides is 1. The van der Waals surface area contributed by atoms with Crippen LogP contribution >= 0.6 is 9.24 Å². The van der Waals surface area contributed by atoms with E-state index >= 15 is 0 Å². The lowest BCUT2D eigenvalue weighted by Gasteiger charge is -2.49. The molecule has 0 bridgehead atoms. The second-order valence-electron chi connectivity index (χ2n) is 10.4. The second-order valence-corrected chi connectivity index (χ2v) is 11.0. The summed E-state index contributed by atoms with van der Waals surface area (Å²) < 4.78 is 12.9. The van der Waals surface area contributed by atoms with E-state index in [0.29, 0.717) is 25.3 Å². The first kappa shape index (κ1) is 25.3. The molecular formula is C28H38NO4P. The summed E-state index contributed by atoms with van der Waals surface area (Å²) in [5.74, 6) is 0.0460. The molecule has 2 aromatic rings. The van der Waals surface area contributed by atoms with Crippen molar-refractivity contribution < 1.29 is 19.4 Å². The smallest absolute Gasteiger partial charge is 0.253 e. The van der Waals surface area contributed by atoms with Crippen molar-refractivity contribution in [1.29, 1.82) is 0 Å². The summed E-state index contributed by atoms with van der Waals surface area (Å²) in [6.45, 7) is 9.56. The summed E-state index contributed by atoms with van der Waals surface area (Å²) in [5, 5.41) is 11.5. The maximum atomic E-state index is 13.3. The van der Waals surface area contributed by atoms with E-state index in [1.807, 2.05) is 36.9 Å². The molecule has 0 aliphatic carbocycles. The highest BCUT2D eigenvalue weighted by Crippen LogP contribution is 2.44. The van der Waals surface area contributed by atoms with Crippen molar-refractivity contribution >= 4 is 20.5 Å². The van der Waals surface area contributed by atoms with E-state index in [0.717, 1.165) is 42.1 Å². The van der Waals surface area contributed by atoms with Gasteiger partial charge in [-0.3, -0.25) is 4.79 Å². The molecule has 0 saturated carbocycles. The summed E-state index contributed by atoms with van der Waals surface area (Å²) in [6, 6.07) is 14.1. The fourth-order valence-corrected chi connectivity index (χ4v) is 5.87. The Kier molecular flexibility index (Phi) is 7.50. The minimum atomic E-state index is -0.925. The summed E-state index contributed by atoms with van der Waals surface area (Å²) in [6.07, 6.45) is 3.51. The van der Waals surface area contributed by atoms with E-state index in [1.54, 1.807) is 13.8 Å². The first-order valence-electron chi connectivity index (χ1n) is 12.4. The van der Waals surface area contributed by atoms with Crippen molar-refractivity contribution in [3.63, 3.8) is 0 Å². The quantitative estimate of drug-likeness (QED) is 0.629. The van der Waals surface area contributed by atoms with Gasteiger partial charge in [0.2, 0.25) is 0 Å². The van der Waals surface area contributed by atoms with Crippen LogP contribution in [0.2, 0.25) is 0 Å². The van der Waals surface area contributed by atoms with Gasteiger partial charge in [-0.1, -0.05) is 24.3 Å². The Morgan fingerprint density at radius 2 is 1.97 bits per heavy atom. The molecule has 6 heteroatoms. The molecule has 3 atom stereocenters. The SMILES string of the molecule is CCOC1CC(c2cccc(P)c2)OC2(CCN(C(=O)c3ccc(C(C)(C)O)c(C)c3)CC2)C1. The van der Waals surface area contributed by atoms with Crippen LogP contribution in [0.4, 0.5) is 0 Å². The molecule has 1 N–H and O–H groups in total. The second kappa shape index (κ2) is 10.1. The molecule has 5 nitrogen and oxygen atoms in total. The number of nitrogens with zero attached hydrogens (tertiary/aromatic N) is 1. The lowest BCUT2D eigenvalue weighted by molar-refractivity contribution is -0.190. The first-order valence-corrected chi connectivity index (χ1v) is 13.0. The highest BCUT2D eigenvalue weighted by Gasteiger charge is 2.45. The number of ether oxygens (including phenoxy) is 2. The zero-order valence-corrected chi connectivity index (χ0v) is 22.0. The topological polar surface area (TPSA) is 59.0 Å². The molecule has 1 spiro atoms. The predicted molar refractivity (Wildman–Crippen MR) is 139 cm³/mol. The van der Waals surface area contributed by atoms with Crippen LogP contribution in [0.3, 0.4) is 0 Å². The average Bonchev–Trinajstić information content (AvgIpc) is 2.78. The first-order chi connectivity index (χ1) is 16.1. The predicted octanol–water partition coefficient (Wildman–Crippen LogP) is 4.65. The van der Waals surface area contributed by atoms with Gasteiger partial charge in [-0.15, -0.1) is 9.24 Å². The van der Waals surface area contributed by atoms with Gasteiger partial charge in [-0.2, -0.15) is 0 Å². The van der Waals surface area contributed by atoms with Crippen LogP contribution < -0.4 is 5.30 Å². The van der Waals surface area contributed by atoms with Gasteiger partial charge in [0.1, 0.15) is 0 Å². The third-order valence-corrected chi connectivity index (χ3v) is 7.61. The lowest BCUT2D eigenvalue weighted by Crippen LogP contribution is -2.52. The number of carbonyl (C=O) groups is 1. The van der Waals surface area contributed by atoms with Crippen LogP contribution in [0.1, 0.15) is 79.6 Å². The molecule has 34 heavy (non-hydrogen) atoms. The summed E-state index contributed by atoms with van der Waals surface area (Å²) in [7, 11) is 2.77. The molecule has 184 valence electrons. The van der Waals surface area contributed by atoms with Crippen molar-refractivity contribution in [3.8, 4) is 0 Å². The van der Waals surface area contributed by atoms with E-state index in [2.05, 4.69) is 33.5 Å². The van der Waals surface area contributed by atoms with Gasteiger partial charge in [0.25, 0.3) is 5.91 Å². The van der Waals surface area contributed by atoms with Gasteiger partial charge in [0.15, 0.2) is 0 Å². The third kappa shape index (κ3) is 5.54.